The van der Waals surface area contributed by atoms with E-state index in [2.05, 4.69) is 36.2 Å². The molecule has 0 unspecified atom stereocenters. The van der Waals surface area contributed by atoms with Gasteiger partial charge in [-0.25, -0.2) is 8.42 Å². The minimum atomic E-state index is -3.43. The highest BCUT2D eigenvalue weighted by molar-refractivity contribution is 7.91. The largest absolute Gasteiger partial charge is 0.395 e. The summed E-state index contributed by atoms with van der Waals surface area (Å²) in [4.78, 5) is 4.70. The van der Waals surface area contributed by atoms with Crippen molar-refractivity contribution in [1.29, 1.82) is 0 Å². The van der Waals surface area contributed by atoms with Crippen LogP contribution in [0.15, 0.2) is 71.8 Å². The van der Waals surface area contributed by atoms with Gasteiger partial charge in [0, 0.05) is 11.9 Å². The smallest absolute Gasteiger partial charge is 0.180 e. The second-order valence-corrected chi connectivity index (χ2v) is 9.94. The number of sulfone groups is 1. The number of benzene rings is 2. The highest BCUT2D eigenvalue weighted by Crippen LogP contribution is 2.26. The second kappa shape index (κ2) is 11.2. The average Bonchev–Trinajstić information content (AvgIpc) is 2.79. The summed E-state index contributed by atoms with van der Waals surface area (Å²) in [7, 11) is -3.43. The van der Waals surface area contributed by atoms with Crippen LogP contribution in [0.4, 0.5) is 0 Å². The van der Waals surface area contributed by atoms with Crippen molar-refractivity contribution < 1.29 is 13.5 Å². The Hall–Kier alpha value is -2.50. The van der Waals surface area contributed by atoms with Crippen molar-refractivity contribution in [2.24, 2.45) is 0 Å². The lowest BCUT2D eigenvalue weighted by molar-refractivity contribution is 0.319. The van der Waals surface area contributed by atoms with Gasteiger partial charge in [0.05, 0.1) is 17.3 Å². The van der Waals surface area contributed by atoms with Crippen molar-refractivity contribution in [3.63, 3.8) is 0 Å². The van der Waals surface area contributed by atoms with Gasteiger partial charge in [0.15, 0.2) is 9.84 Å². The fraction of sp³-hybridized carbons (Fsp3) is 0.346. The summed E-state index contributed by atoms with van der Waals surface area (Å²) in [5.74, 6) is -0.253. The molecule has 1 heterocycles. The summed E-state index contributed by atoms with van der Waals surface area (Å²) < 4.78 is 24.3. The zero-order chi connectivity index (χ0) is 22.1. The maximum atomic E-state index is 12.2. The Morgan fingerprint density at radius 2 is 1.61 bits per heavy atom. The second-order valence-electron chi connectivity index (χ2n) is 7.83. The Kier molecular flexibility index (Phi) is 8.38. The quantitative estimate of drug-likeness (QED) is 0.427. The number of rotatable bonds is 11. The Labute approximate surface area is 185 Å². The molecule has 0 radical (unpaired) electrons. The third-order valence-corrected chi connectivity index (χ3v) is 7.25. The number of unbranched alkanes of at least 4 members (excludes halogenated alkanes) is 2. The Balaban J connectivity index is 1.84. The van der Waals surface area contributed by atoms with Gasteiger partial charge in [0.2, 0.25) is 0 Å². The molecule has 0 spiro atoms. The number of aliphatic hydroxyl groups excluding tert-OH is 1. The van der Waals surface area contributed by atoms with Crippen LogP contribution < -0.4 is 0 Å². The van der Waals surface area contributed by atoms with E-state index in [1.807, 2.05) is 30.5 Å². The molecule has 1 aromatic heterocycles. The van der Waals surface area contributed by atoms with E-state index in [0.29, 0.717) is 0 Å². The molecular formula is C26H31NO3S. The van der Waals surface area contributed by atoms with E-state index in [1.54, 1.807) is 12.1 Å². The van der Waals surface area contributed by atoms with Gasteiger partial charge >= 0.3 is 0 Å². The predicted octanol–water partition coefficient (Wildman–Crippen LogP) is 5.03. The molecule has 0 aliphatic rings. The van der Waals surface area contributed by atoms with Gasteiger partial charge < -0.3 is 5.11 Å². The van der Waals surface area contributed by atoms with E-state index in [4.69, 9.17) is 5.11 Å². The maximum Gasteiger partial charge on any atom is 0.180 e. The molecule has 0 bridgehead atoms. The normalized spacial score (nSPS) is 11.5. The van der Waals surface area contributed by atoms with Gasteiger partial charge in [0.25, 0.3) is 0 Å². The molecule has 5 heteroatoms. The molecule has 0 fully saturated rings. The molecule has 1 N–H and O–H groups in total. The highest BCUT2D eigenvalue weighted by Gasteiger charge is 2.14. The molecule has 31 heavy (non-hydrogen) atoms. The van der Waals surface area contributed by atoms with Crippen LogP contribution in [0.25, 0.3) is 11.1 Å². The SMILES string of the molecule is CCCCCc1ccc(-c2ccc(S(=O)(=O)CCO)cc2)cc1CCc1ccccn1. The number of aryl methyl sites for hydroxylation is 3. The molecule has 2 aromatic carbocycles. The summed E-state index contributed by atoms with van der Waals surface area (Å²) >= 11 is 0. The van der Waals surface area contributed by atoms with Gasteiger partial charge in [-0.3, -0.25) is 4.98 Å². The number of hydrogen-bond donors (Lipinski definition) is 1. The van der Waals surface area contributed by atoms with E-state index < -0.39 is 9.84 Å². The molecular weight excluding hydrogens is 406 g/mol. The zero-order valence-electron chi connectivity index (χ0n) is 18.1. The molecule has 0 saturated heterocycles. The summed E-state index contributed by atoms with van der Waals surface area (Å²) in [5, 5.41) is 8.98. The molecule has 0 aliphatic heterocycles. The van der Waals surface area contributed by atoms with Crippen LogP contribution in [0.1, 0.15) is 43.0 Å². The van der Waals surface area contributed by atoms with Crippen molar-refractivity contribution in [1.82, 2.24) is 4.98 Å². The van der Waals surface area contributed by atoms with Gasteiger partial charge in [-0.2, -0.15) is 0 Å². The van der Waals surface area contributed by atoms with Crippen molar-refractivity contribution >= 4 is 9.84 Å². The third kappa shape index (κ3) is 6.49. The minimum Gasteiger partial charge on any atom is -0.395 e. The summed E-state index contributed by atoms with van der Waals surface area (Å²) in [5.41, 5.74) is 5.88. The number of aliphatic hydroxyl groups is 1. The van der Waals surface area contributed by atoms with Crippen LogP contribution >= 0.6 is 0 Å². The lowest BCUT2D eigenvalue weighted by Crippen LogP contribution is -2.09. The van der Waals surface area contributed by atoms with Gasteiger partial charge in [-0.15, -0.1) is 0 Å². The van der Waals surface area contributed by atoms with Crippen molar-refractivity contribution in [2.75, 3.05) is 12.4 Å². The Morgan fingerprint density at radius 1 is 0.839 bits per heavy atom. The number of hydrogen-bond acceptors (Lipinski definition) is 4. The van der Waals surface area contributed by atoms with Crippen molar-refractivity contribution in [2.45, 2.75) is 50.3 Å². The number of pyridine rings is 1. The van der Waals surface area contributed by atoms with Crippen LogP contribution in [0, 0.1) is 0 Å². The third-order valence-electron chi connectivity index (χ3n) is 5.54. The minimum absolute atomic E-state index is 0.247. The van der Waals surface area contributed by atoms with E-state index in [9.17, 15) is 8.42 Å². The summed E-state index contributed by atoms with van der Waals surface area (Å²) in [6.07, 6.45) is 8.34. The van der Waals surface area contributed by atoms with Crippen molar-refractivity contribution in [3.05, 3.63) is 83.7 Å². The van der Waals surface area contributed by atoms with Gasteiger partial charge in [0.1, 0.15) is 0 Å². The molecule has 3 rings (SSSR count). The van der Waals surface area contributed by atoms with Crippen LogP contribution in [0.2, 0.25) is 0 Å². The molecule has 0 amide bonds. The maximum absolute atomic E-state index is 12.2. The molecule has 0 atom stereocenters. The van der Waals surface area contributed by atoms with Crippen LogP contribution in [0.5, 0.6) is 0 Å². The van der Waals surface area contributed by atoms with E-state index in [-0.39, 0.29) is 17.3 Å². The standard InChI is InChI=1S/C26H31NO3S/c1-2-3-4-7-21-9-10-23(20-24(21)11-14-25-8-5-6-17-27-25)22-12-15-26(16-13-22)31(29,30)19-18-28/h5-6,8-10,12-13,15-17,20,28H,2-4,7,11,14,18-19H2,1H3. The van der Waals surface area contributed by atoms with Crippen LogP contribution in [-0.4, -0.2) is 30.9 Å². The van der Waals surface area contributed by atoms with Gasteiger partial charge in [-0.1, -0.05) is 56.2 Å². The predicted molar refractivity (Wildman–Crippen MR) is 126 cm³/mol. The fourth-order valence-electron chi connectivity index (χ4n) is 3.75. The highest BCUT2D eigenvalue weighted by atomic mass is 32.2. The van der Waals surface area contributed by atoms with Gasteiger partial charge in [-0.05, 0) is 72.2 Å². The van der Waals surface area contributed by atoms with Crippen LogP contribution in [0.3, 0.4) is 0 Å². The van der Waals surface area contributed by atoms with E-state index in [0.717, 1.165) is 36.1 Å². The molecule has 4 nitrogen and oxygen atoms in total. The molecule has 164 valence electrons. The molecule has 0 aliphatic carbocycles. The monoisotopic (exact) mass is 437 g/mol. The first-order valence-corrected chi connectivity index (χ1v) is 12.6. The first kappa shape index (κ1) is 23.2. The fourth-order valence-corrected chi connectivity index (χ4v) is 4.78. The lowest BCUT2D eigenvalue weighted by Gasteiger charge is -2.13. The summed E-state index contributed by atoms with van der Waals surface area (Å²) in [6.45, 7) is 1.85. The van der Waals surface area contributed by atoms with Crippen LogP contribution in [-0.2, 0) is 29.1 Å². The van der Waals surface area contributed by atoms with E-state index in [1.165, 1.54) is 30.4 Å². The molecule has 0 saturated carbocycles. The summed E-state index contributed by atoms with van der Waals surface area (Å²) in [6, 6.07) is 19.5. The number of aromatic nitrogens is 1. The Morgan fingerprint density at radius 3 is 2.29 bits per heavy atom. The Bertz CT molecular complexity index is 1060. The zero-order valence-corrected chi connectivity index (χ0v) is 18.9. The first-order valence-electron chi connectivity index (χ1n) is 11.0. The first-order chi connectivity index (χ1) is 15.0. The lowest BCUT2D eigenvalue weighted by atomic mass is 9.93. The number of nitrogens with zero attached hydrogens (tertiary/aromatic N) is 1. The average molecular weight is 438 g/mol. The van der Waals surface area contributed by atoms with Crippen molar-refractivity contribution in [3.8, 4) is 11.1 Å². The van der Waals surface area contributed by atoms with E-state index >= 15 is 0 Å². The topological polar surface area (TPSA) is 67.3 Å². The molecule has 3 aromatic rings.